The zero-order valence-electron chi connectivity index (χ0n) is 8.88. The third-order valence-electron chi connectivity index (χ3n) is 2.04. The minimum absolute atomic E-state index is 0.0129. The van der Waals surface area contributed by atoms with Gasteiger partial charge >= 0.3 is 5.97 Å². The van der Waals surface area contributed by atoms with E-state index in [1.54, 1.807) is 24.1 Å². The van der Waals surface area contributed by atoms with Crippen molar-refractivity contribution in [2.24, 2.45) is 5.73 Å². The summed E-state index contributed by atoms with van der Waals surface area (Å²) < 4.78 is 0. The molecule has 16 heavy (non-hydrogen) atoms. The molecule has 6 heteroatoms. The van der Waals surface area contributed by atoms with Crippen molar-refractivity contribution >= 4 is 17.7 Å². The van der Waals surface area contributed by atoms with Crippen LogP contribution in [0.25, 0.3) is 0 Å². The van der Waals surface area contributed by atoms with Gasteiger partial charge in [0.1, 0.15) is 11.5 Å². The van der Waals surface area contributed by atoms with E-state index in [1.807, 2.05) is 0 Å². The van der Waals surface area contributed by atoms with Crippen LogP contribution in [0.5, 0.6) is 0 Å². The fourth-order valence-electron chi connectivity index (χ4n) is 1.15. The summed E-state index contributed by atoms with van der Waals surface area (Å²) in [6.07, 6.45) is 0.0129. The van der Waals surface area contributed by atoms with Gasteiger partial charge in [-0.3, -0.25) is 9.59 Å². The van der Waals surface area contributed by atoms with Gasteiger partial charge in [0.05, 0.1) is 6.42 Å². The van der Waals surface area contributed by atoms with Gasteiger partial charge in [0.25, 0.3) is 5.91 Å². The Hall–Kier alpha value is -2.11. The molecular formula is C10H13N3O3. The molecule has 0 saturated carbocycles. The number of hydrogen-bond acceptors (Lipinski definition) is 4. The summed E-state index contributed by atoms with van der Waals surface area (Å²) in [6, 6.07) is 4.85. The molecule has 0 spiro atoms. The third-order valence-corrected chi connectivity index (χ3v) is 2.04. The number of carbonyl (C=O) groups excluding carboxylic acids is 1. The number of carbonyl (C=O) groups is 2. The number of anilines is 1. The monoisotopic (exact) mass is 223 g/mol. The maximum atomic E-state index is 10.9. The number of aliphatic carboxylic acids is 1. The molecule has 0 bridgehead atoms. The van der Waals surface area contributed by atoms with Gasteiger partial charge in [-0.1, -0.05) is 6.07 Å². The highest BCUT2D eigenvalue weighted by atomic mass is 16.4. The molecule has 86 valence electrons. The van der Waals surface area contributed by atoms with E-state index in [0.29, 0.717) is 12.4 Å². The number of nitrogens with zero attached hydrogens (tertiary/aromatic N) is 2. The zero-order chi connectivity index (χ0) is 12.1. The van der Waals surface area contributed by atoms with Crippen LogP contribution in [-0.4, -0.2) is 35.6 Å². The number of nitrogens with two attached hydrogens (primary N) is 1. The number of hydrogen-bond donors (Lipinski definition) is 2. The van der Waals surface area contributed by atoms with Crippen LogP contribution in [0.3, 0.4) is 0 Å². The Morgan fingerprint density at radius 2 is 2.19 bits per heavy atom. The van der Waals surface area contributed by atoms with Gasteiger partial charge in [-0.2, -0.15) is 0 Å². The van der Waals surface area contributed by atoms with Crippen LogP contribution < -0.4 is 10.6 Å². The SMILES string of the molecule is CN(CCC(=O)O)c1cccc(C(N)=O)n1. The van der Waals surface area contributed by atoms with Crippen LogP contribution in [0, 0.1) is 0 Å². The second-order valence-electron chi connectivity index (χ2n) is 3.31. The lowest BCUT2D eigenvalue weighted by Crippen LogP contribution is -2.23. The normalized spacial score (nSPS) is 9.81. The maximum Gasteiger partial charge on any atom is 0.305 e. The second kappa shape index (κ2) is 5.11. The summed E-state index contributed by atoms with van der Waals surface area (Å²) >= 11 is 0. The first kappa shape index (κ1) is 12.0. The maximum absolute atomic E-state index is 10.9. The molecule has 0 aliphatic heterocycles. The fourth-order valence-corrected chi connectivity index (χ4v) is 1.15. The minimum Gasteiger partial charge on any atom is -0.481 e. The Labute approximate surface area is 92.7 Å². The lowest BCUT2D eigenvalue weighted by molar-refractivity contribution is -0.136. The topological polar surface area (TPSA) is 96.5 Å². The molecule has 1 rings (SSSR count). The number of rotatable bonds is 5. The molecule has 0 fully saturated rings. The Kier molecular flexibility index (Phi) is 3.82. The van der Waals surface area contributed by atoms with E-state index < -0.39 is 11.9 Å². The van der Waals surface area contributed by atoms with Crippen LogP contribution in [0.2, 0.25) is 0 Å². The van der Waals surface area contributed by atoms with Crippen molar-refractivity contribution in [3.05, 3.63) is 23.9 Å². The van der Waals surface area contributed by atoms with Crippen molar-refractivity contribution in [2.45, 2.75) is 6.42 Å². The van der Waals surface area contributed by atoms with Crippen LogP contribution in [0.4, 0.5) is 5.82 Å². The van der Waals surface area contributed by atoms with Crippen LogP contribution in [0.1, 0.15) is 16.9 Å². The Morgan fingerprint density at radius 3 is 2.75 bits per heavy atom. The molecule has 0 unspecified atom stereocenters. The highest BCUT2D eigenvalue weighted by Gasteiger charge is 2.07. The summed E-state index contributed by atoms with van der Waals surface area (Å²) in [7, 11) is 1.70. The first-order valence-corrected chi connectivity index (χ1v) is 4.70. The molecule has 0 aliphatic rings. The van der Waals surface area contributed by atoms with Crippen LogP contribution in [-0.2, 0) is 4.79 Å². The van der Waals surface area contributed by atoms with Gasteiger partial charge in [0, 0.05) is 13.6 Å². The molecule has 6 nitrogen and oxygen atoms in total. The van der Waals surface area contributed by atoms with Gasteiger partial charge in [0.2, 0.25) is 0 Å². The molecular weight excluding hydrogens is 210 g/mol. The number of carboxylic acid groups (broad SMARTS) is 1. The fraction of sp³-hybridized carbons (Fsp3) is 0.300. The number of amides is 1. The molecule has 0 atom stereocenters. The zero-order valence-corrected chi connectivity index (χ0v) is 8.88. The van der Waals surface area contributed by atoms with Crippen molar-refractivity contribution in [1.29, 1.82) is 0 Å². The first-order chi connectivity index (χ1) is 7.50. The molecule has 0 aromatic carbocycles. The van der Waals surface area contributed by atoms with E-state index in [4.69, 9.17) is 10.8 Å². The molecule has 0 aliphatic carbocycles. The largest absolute Gasteiger partial charge is 0.481 e. The van der Waals surface area contributed by atoms with Crippen molar-refractivity contribution in [1.82, 2.24) is 4.98 Å². The number of pyridine rings is 1. The lowest BCUT2D eigenvalue weighted by Gasteiger charge is -2.17. The standard InChI is InChI=1S/C10H13N3O3/c1-13(6-5-9(14)15)8-4-2-3-7(12-8)10(11)16/h2-4H,5-6H2,1H3,(H2,11,16)(H,14,15). The van der Waals surface area contributed by atoms with Gasteiger partial charge < -0.3 is 15.7 Å². The van der Waals surface area contributed by atoms with E-state index in [1.165, 1.54) is 6.07 Å². The highest BCUT2D eigenvalue weighted by Crippen LogP contribution is 2.09. The van der Waals surface area contributed by atoms with Crippen molar-refractivity contribution < 1.29 is 14.7 Å². The molecule has 1 aromatic heterocycles. The predicted molar refractivity (Wildman–Crippen MR) is 58.3 cm³/mol. The van der Waals surface area contributed by atoms with Crippen LogP contribution in [0.15, 0.2) is 18.2 Å². The third kappa shape index (κ3) is 3.23. The van der Waals surface area contributed by atoms with Crippen molar-refractivity contribution in [3.63, 3.8) is 0 Å². The molecule has 1 aromatic rings. The van der Waals surface area contributed by atoms with E-state index in [9.17, 15) is 9.59 Å². The average Bonchev–Trinajstić information content (AvgIpc) is 2.26. The Bertz CT molecular complexity index is 406. The van der Waals surface area contributed by atoms with Gasteiger partial charge in [0.15, 0.2) is 0 Å². The predicted octanol–water partition coefficient (Wildman–Crippen LogP) is 0.0914. The number of primary amides is 1. The first-order valence-electron chi connectivity index (χ1n) is 4.70. The summed E-state index contributed by atoms with van der Waals surface area (Å²) in [6.45, 7) is 0.324. The van der Waals surface area contributed by atoms with Crippen molar-refractivity contribution in [2.75, 3.05) is 18.5 Å². The Morgan fingerprint density at radius 1 is 1.50 bits per heavy atom. The van der Waals surface area contributed by atoms with E-state index >= 15 is 0 Å². The lowest BCUT2D eigenvalue weighted by atomic mass is 10.3. The van der Waals surface area contributed by atoms with E-state index in [0.717, 1.165) is 0 Å². The van der Waals surface area contributed by atoms with E-state index in [2.05, 4.69) is 4.98 Å². The second-order valence-corrected chi connectivity index (χ2v) is 3.31. The number of carboxylic acids is 1. The number of aromatic nitrogens is 1. The smallest absolute Gasteiger partial charge is 0.305 e. The van der Waals surface area contributed by atoms with Gasteiger partial charge in [-0.25, -0.2) is 4.98 Å². The molecule has 0 radical (unpaired) electrons. The summed E-state index contributed by atoms with van der Waals surface area (Å²) in [5, 5.41) is 8.53. The molecule has 1 heterocycles. The van der Waals surface area contributed by atoms with Crippen molar-refractivity contribution in [3.8, 4) is 0 Å². The quantitative estimate of drug-likeness (QED) is 0.737. The minimum atomic E-state index is -0.877. The van der Waals surface area contributed by atoms with Gasteiger partial charge in [-0.05, 0) is 12.1 Å². The summed E-state index contributed by atoms with van der Waals surface area (Å²) in [5.41, 5.74) is 5.26. The molecule has 3 N–H and O–H groups in total. The molecule has 1 amide bonds. The summed E-state index contributed by atoms with van der Waals surface area (Å²) in [4.78, 5) is 26.9. The average molecular weight is 223 g/mol. The Balaban J connectivity index is 2.75. The summed E-state index contributed by atoms with van der Waals surface area (Å²) in [5.74, 6) is -0.955. The highest BCUT2D eigenvalue weighted by molar-refractivity contribution is 5.91. The van der Waals surface area contributed by atoms with Gasteiger partial charge in [-0.15, -0.1) is 0 Å². The van der Waals surface area contributed by atoms with Crippen LogP contribution >= 0.6 is 0 Å². The molecule has 0 saturated heterocycles. The van der Waals surface area contributed by atoms with E-state index in [-0.39, 0.29) is 12.1 Å².